The van der Waals surface area contributed by atoms with Crippen LogP contribution in [0.1, 0.15) is 56.2 Å². The number of rotatable bonds is 7. The first-order valence-corrected chi connectivity index (χ1v) is 9.04. The maximum atomic E-state index is 13.3. The third-order valence-electron chi connectivity index (χ3n) is 4.91. The quantitative estimate of drug-likeness (QED) is 0.638. The minimum absolute atomic E-state index is 0.182. The number of fused-ring (bicyclic) bond motifs is 3. The summed E-state index contributed by atoms with van der Waals surface area (Å²) in [6, 6.07) is 14.5. The standard InChI is InChI=1S/C22H26O2/c1-4-6-15-24-22(20(23)10-5-2)19-14-8-7-12-17(19)18-13-9-11-16(3)21(18)22/h7-9,11-14H,4-6,10,15H2,1-3H3. The third kappa shape index (κ3) is 2.50. The second-order valence-electron chi connectivity index (χ2n) is 6.60. The van der Waals surface area contributed by atoms with Gasteiger partial charge in [0, 0.05) is 24.2 Å². The molecule has 0 radical (unpaired) electrons. The number of carbonyl (C=O) groups is 1. The Morgan fingerprint density at radius 2 is 1.75 bits per heavy atom. The highest BCUT2D eigenvalue weighted by Crippen LogP contribution is 2.52. The molecule has 2 heteroatoms. The summed E-state index contributed by atoms with van der Waals surface area (Å²) in [4.78, 5) is 13.3. The highest BCUT2D eigenvalue weighted by Gasteiger charge is 2.50. The van der Waals surface area contributed by atoms with E-state index in [0.717, 1.165) is 47.1 Å². The van der Waals surface area contributed by atoms with Gasteiger partial charge in [-0.15, -0.1) is 0 Å². The summed E-state index contributed by atoms with van der Waals surface area (Å²) in [7, 11) is 0. The zero-order valence-electron chi connectivity index (χ0n) is 14.9. The molecule has 0 aliphatic heterocycles. The lowest BCUT2D eigenvalue weighted by molar-refractivity contribution is -0.140. The molecular weight excluding hydrogens is 296 g/mol. The fourth-order valence-electron chi connectivity index (χ4n) is 3.81. The van der Waals surface area contributed by atoms with E-state index < -0.39 is 5.60 Å². The van der Waals surface area contributed by atoms with Gasteiger partial charge in [-0.25, -0.2) is 0 Å². The van der Waals surface area contributed by atoms with Crippen LogP contribution < -0.4 is 0 Å². The minimum atomic E-state index is -0.928. The van der Waals surface area contributed by atoms with E-state index in [4.69, 9.17) is 4.74 Å². The van der Waals surface area contributed by atoms with Crippen molar-refractivity contribution in [1.82, 2.24) is 0 Å². The molecule has 0 heterocycles. The van der Waals surface area contributed by atoms with Crippen molar-refractivity contribution in [3.8, 4) is 11.1 Å². The normalized spacial score (nSPS) is 18.3. The fraction of sp³-hybridized carbons (Fsp3) is 0.409. The summed E-state index contributed by atoms with van der Waals surface area (Å²) in [6.07, 6.45) is 3.39. The van der Waals surface area contributed by atoms with Crippen LogP contribution in [0.2, 0.25) is 0 Å². The predicted octanol–water partition coefficient (Wildman–Crippen LogP) is 5.40. The summed E-state index contributed by atoms with van der Waals surface area (Å²) < 4.78 is 6.43. The van der Waals surface area contributed by atoms with Crippen LogP contribution in [0.3, 0.4) is 0 Å². The van der Waals surface area contributed by atoms with Crippen molar-refractivity contribution in [3.63, 3.8) is 0 Å². The molecule has 24 heavy (non-hydrogen) atoms. The monoisotopic (exact) mass is 322 g/mol. The number of carbonyl (C=O) groups excluding carboxylic acids is 1. The van der Waals surface area contributed by atoms with Crippen LogP contribution in [0.25, 0.3) is 11.1 Å². The van der Waals surface area contributed by atoms with E-state index in [9.17, 15) is 4.79 Å². The lowest BCUT2D eigenvalue weighted by Gasteiger charge is -2.32. The SMILES string of the molecule is CCCCOC1(C(=O)CCC)c2ccccc2-c2cccc(C)c21. The lowest BCUT2D eigenvalue weighted by Crippen LogP contribution is -2.39. The molecule has 0 bridgehead atoms. The van der Waals surface area contributed by atoms with Gasteiger partial charge in [-0.3, -0.25) is 4.79 Å². The number of aryl methyl sites for hydroxylation is 1. The van der Waals surface area contributed by atoms with E-state index in [-0.39, 0.29) is 5.78 Å². The number of hydrogen-bond acceptors (Lipinski definition) is 2. The van der Waals surface area contributed by atoms with Crippen LogP contribution in [0.15, 0.2) is 42.5 Å². The fourth-order valence-corrected chi connectivity index (χ4v) is 3.81. The van der Waals surface area contributed by atoms with E-state index in [0.29, 0.717) is 13.0 Å². The number of ketones is 1. The van der Waals surface area contributed by atoms with Crippen molar-refractivity contribution in [1.29, 1.82) is 0 Å². The summed E-state index contributed by atoms with van der Waals surface area (Å²) in [5.41, 5.74) is 4.56. The Balaban J connectivity index is 2.25. The van der Waals surface area contributed by atoms with E-state index in [1.807, 2.05) is 12.1 Å². The molecule has 2 aromatic carbocycles. The van der Waals surface area contributed by atoms with Crippen LogP contribution in [0, 0.1) is 6.92 Å². The number of Topliss-reactive ketones (excluding diaryl/α,β-unsaturated/α-hetero) is 1. The van der Waals surface area contributed by atoms with Crippen molar-refractivity contribution in [2.24, 2.45) is 0 Å². The average Bonchev–Trinajstić information content (AvgIpc) is 2.88. The Morgan fingerprint density at radius 1 is 1.00 bits per heavy atom. The molecule has 0 amide bonds. The topological polar surface area (TPSA) is 26.3 Å². The molecule has 3 rings (SSSR count). The van der Waals surface area contributed by atoms with Gasteiger partial charge in [0.15, 0.2) is 11.4 Å². The third-order valence-corrected chi connectivity index (χ3v) is 4.91. The largest absolute Gasteiger partial charge is 0.358 e. The van der Waals surface area contributed by atoms with Crippen LogP contribution in [-0.2, 0) is 15.1 Å². The summed E-state index contributed by atoms with van der Waals surface area (Å²) in [6.45, 7) is 6.89. The number of unbranched alkanes of at least 4 members (excludes halogenated alkanes) is 1. The molecule has 126 valence electrons. The smallest absolute Gasteiger partial charge is 0.177 e. The molecule has 0 aromatic heterocycles. The Bertz CT molecular complexity index is 747. The van der Waals surface area contributed by atoms with Crippen molar-refractivity contribution >= 4 is 5.78 Å². The maximum Gasteiger partial charge on any atom is 0.177 e. The van der Waals surface area contributed by atoms with Gasteiger partial charge in [0.1, 0.15) is 0 Å². The van der Waals surface area contributed by atoms with E-state index in [2.05, 4.69) is 51.1 Å². The van der Waals surface area contributed by atoms with Gasteiger partial charge in [0.05, 0.1) is 0 Å². The van der Waals surface area contributed by atoms with Crippen LogP contribution in [0.4, 0.5) is 0 Å². The minimum Gasteiger partial charge on any atom is -0.358 e. The molecule has 2 nitrogen and oxygen atoms in total. The van der Waals surface area contributed by atoms with Gasteiger partial charge in [-0.1, -0.05) is 62.7 Å². The molecule has 0 spiro atoms. The summed E-state index contributed by atoms with van der Waals surface area (Å²) >= 11 is 0. The first-order chi connectivity index (χ1) is 11.7. The van der Waals surface area contributed by atoms with Crippen LogP contribution in [0.5, 0.6) is 0 Å². The highest BCUT2D eigenvalue weighted by atomic mass is 16.5. The number of benzene rings is 2. The van der Waals surface area contributed by atoms with E-state index in [1.54, 1.807) is 0 Å². The summed E-state index contributed by atoms with van der Waals surface area (Å²) in [5, 5.41) is 0. The van der Waals surface area contributed by atoms with Crippen molar-refractivity contribution in [2.45, 2.75) is 52.1 Å². The van der Waals surface area contributed by atoms with E-state index in [1.165, 1.54) is 0 Å². The highest BCUT2D eigenvalue weighted by molar-refractivity contribution is 6.00. The second kappa shape index (κ2) is 6.90. The molecule has 0 saturated carbocycles. The van der Waals surface area contributed by atoms with Crippen molar-refractivity contribution in [2.75, 3.05) is 6.61 Å². The molecule has 2 aromatic rings. The molecule has 1 aliphatic carbocycles. The van der Waals surface area contributed by atoms with Crippen molar-refractivity contribution < 1.29 is 9.53 Å². The first-order valence-electron chi connectivity index (χ1n) is 9.04. The van der Waals surface area contributed by atoms with Gasteiger partial charge in [0.2, 0.25) is 0 Å². The van der Waals surface area contributed by atoms with Crippen LogP contribution >= 0.6 is 0 Å². The Kier molecular flexibility index (Phi) is 4.86. The Labute approximate surface area is 144 Å². The summed E-state index contributed by atoms with van der Waals surface area (Å²) in [5.74, 6) is 0.182. The molecule has 1 atom stereocenters. The predicted molar refractivity (Wildman–Crippen MR) is 98.2 cm³/mol. The average molecular weight is 322 g/mol. The molecule has 0 saturated heterocycles. The van der Waals surface area contributed by atoms with Crippen LogP contribution in [-0.4, -0.2) is 12.4 Å². The van der Waals surface area contributed by atoms with Gasteiger partial charge in [-0.05, 0) is 36.5 Å². The molecule has 0 fully saturated rings. The Morgan fingerprint density at radius 3 is 2.50 bits per heavy atom. The van der Waals surface area contributed by atoms with Gasteiger partial charge in [0.25, 0.3) is 0 Å². The first kappa shape index (κ1) is 16.9. The van der Waals surface area contributed by atoms with Gasteiger partial charge in [-0.2, -0.15) is 0 Å². The number of ether oxygens (including phenoxy) is 1. The van der Waals surface area contributed by atoms with Gasteiger partial charge >= 0.3 is 0 Å². The maximum absolute atomic E-state index is 13.3. The second-order valence-corrected chi connectivity index (χ2v) is 6.60. The van der Waals surface area contributed by atoms with Gasteiger partial charge < -0.3 is 4.74 Å². The Hall–Kier alpha value is -1.93. The lowest BCUT2D eigenvalue weighted by atomic mass is 9.83. The van der Waals surface area contributed by atoms with Crippen molar-refractivity contribution in [3.05, 3.63) is 59.2 Å². The number of hydrogen-bond donors (Lipinski definition) is 0. The van der Waals surface area contributed by atoms with E-state index >= 15 is 0 Å². The molecule has 1 unspecified atom stereocenters. The molecule has 0 N–H and O–H groups in total. The molecular formula is C22H26O2. The zero-order valence-corrected chi connectivity index (χ0v) is 14.9. The zero-order chi connectivity index (χ0) is 17.2. The molecule has 1 aliphatic rings.